The van der Waals surface area contributed by atoms with E-state index in [-0.39, 0.29) is 0 Å². The van der Waals surface area contributed by atoms with Crippen LogP contribution in [0.3, 0.4) is 0 Å². The maximum absolute atomic E-state index is 6.19. The highest BCUT2D eigenvalue weighted by Gasteiger charge is 2.17. The molecule has 8 aromatic rings. The van der Waals surface area contributed by atoms with Crippen LogP contribution in [-0.2, 0) is 0 Å². The lowest BCUT2D eigenvalue weighted by Crippen LogP contribution is -2.09. The van der Waals surface area contributed by atoms with Crippen molar-refractivity contribution in [3.8, 4) is 11.5 Å². The van der Waals surface area contributed by atoms with E-state index in [4.69, 9.17) is 9.40 Å². The average Bonchev–Trinajstić information content (AvgIpc) is 3.60. The van der Waals surface area contributed by atoms with Gasteiger partial charge in [0, 0.05) is 48.2 Å². The Balaban J connectivity index is 1.33. The van der Waals surface area contributed by atoms with E-state index < -0.39 is 0 Å². The maximum Gasteiger partial charge on any atom is 0.227 e. The molecule has 0 aliphatic carbocycles. The van der Waals surface area contributed by atoms with Gasteiger partial charge in [-0.25, -0.2) is 4.98 Å². The summed E-state index contributed by atoms with van der Waals surface area (Å²) in [5, 5.41) is 4.80. The van der Waals surface area contributed by atoms with Gasteiger partial charge in [-0.05, 0) is 66.0 Å². The minimum atomic E-state index is 0.638. The quantitative estimate of drug-likeness (QED) is 0.232. The van der Waals surface area contributed by atoms with Crippen molar-refractivity contribution < 1.29 is 4.42 Å². The zero-order chi connectivity index (χ0) is 25.8. The number of para-hydroxylation sites is 1. The first-order chi connectivity index (χ1) is 19.3. The van der Waals surface area contributed by atoms with Crippen molar-refractivity contribution in [2.75, 3.05) is 4.90 Å². The SMILES string of the molecule is c1ccc(-c2nc3c(ccc4ccc(N(c5ccccc5)c5ccc6c(c5)sc5ccccc56)cc43)o2)cc1. The van der Waals surface area contributed by atoms with Crippen molar-refractivity contribution in [2.45, 2.75) is 0 Å². The van der Waals surface area contributed by atoms with Gasteiger partial charge in [0.25, 0.3) is 0 Å². The van der Waals surface area contributed by atoms with Crippen LogP contribution in [-0.4, -0.2) is 4.98 Å². The molecule has 184 valence electrons. The fraction of sp³-hybridized carbons (Fsp3) is 0. The zero-order valence-electron chi connectivity index (χ0n) is 20.9. The van der Waals surface area contributed by atoms with Crippen LogP contribution < -0.4 is 4.90 Å². The highest BCUT2D eigenvalue weighted by Crippen LogP contribution is 2.41. The first-order valence-electron chi connectivity index (χ1n) is 13.0. The Labute approximate surface area is 229 Å². The number of rotatable bonds is 4. The van der Waals surface area contributed by atoms with Crippen molar-refractivity contribution >= 4 is 70.4 Å². The fourth-order valence-electron chi connectivity index (χ4n) is 5.42. The largest absolute Gasteiger partial charge is 0.436 e. The second-order valence-corrected chi connectivity index (χ2v) is 10.7. The van der Waals surface area contributed by atoms with Crippen LogP contribution in [0.25, 0.3) is 53.5 Å². The van der Waals surface area contributed by atoms with Crippen LogP contribution in [0.15, 0.2) is 138 Å². The van der Waals surface area contributed by atoms with Gasteiger partial charge >= 0.3 is 0 Å². The van der Waals surface area contributed by atoms with Crippen LogP contribution >= 0.6 is 11.3 Å². The van der Waals surface area contributed by atoms with E-state index in [1.54, 1.807) is 0 Å². The van der Waals surface area contributed by atoms with Crippen LogP contribution in [0.2, 0.25) is 0 Å². The zero-order valence-corrected chi connectivity index (χ0v) is 21.7. The Morgan fingerprint density at radius 2 is 1.23 bits per heavy atom. The summed E-state index contributed by atoms with van der Waals surface area (Å²) in [5.41, 5.74) is 5.94. The van der Waals surface area contributed by atoms with Crippen molar-refractivity contribution in [3.63, 3.8) is 0 Å². The van der Waals surface area contributed by atoms with Crippen molar-refractivity contribution in [2.24, 2.45) is 0 Å². The summed E-state index contributed by atoms with van der Waals surface area (Å²) in [4.78, 5) is 7.26. The number of hydrogen-bond acceptors (Lipinski definition) is 4. The lowest BCUT2D eigenvalue weighted by molar-refractivity contribution is 0.620. The summed E-state index contributed by atoms with van der Waals surface area (Å²) in [6, 6.07) is 46.7. The number of hydrogen-bond donors (Lipinski definition) is 0. The minimum absolute atomic E-state index is 0.638. The molecule has 0 aliphatic rings. The van der Waals surface area contributed by atoms with Crippen molar-refractivity contribution in [3.05, 3.63) is 133 Å². The average molecular weight is 519 g/mol. The predicted octanol–water partition coefficient (Wildman–Crippen LogP) is 10.5. The molecular weight excluding hydrogens is 496 g/mol. The third-order valence-corrected chi connectivity index (χ3v) is 8.41. The molecule has 4 heteroatoms. The number of benzene rings is 6. The molecule has 0 bridgehead atoms. The van der Waals surface area contributed by atoms with E-state index in [1.165, 1.54) is 20.2 Å². The summed E-state index contributed by atoms with van der Waals surface area (Å²) in [6.07, 6.45) is 0. The van der Waals surface area contributed by atoms with Gasteiger partial charge in [-0.2, -0.15) is 0 Å². The molecule has 0 unspecified atom stereocenters. The second kappa shape index (κ2) is 8.83. The van der Waals surface area contributed by atoms with E-state index in [9.17, 15) is 0 Å². The van der Waals surface area contributed by atoms with Crippen LogP contribution in [0.5, 0.6) is 0 Å². The Morgan fingerprint density at radius 3 is 2.10 bits per heavy atom. The third-order valence-electron chi connectivity index (χ3n) is 7.27. The Bertz CT molecular complexity index is 2130. The molecule has 0 spiro atoms. The van der Waals surface area contributed by atoms with Gasteiger partial charge in [0.2, 0.25) is 5.89 Å². The summed E-state index contributed by atoms with van der Waals surface area (Å²) >= 11 is 1.84. The molecule has 2 aromatic heterocycles. The lowest BCUT2D eigenvalue weighted by Gasteiger charge is -2.26. The molecule has 0 atom stereocenters. The van der Waals surface area contributed by atoms with Gasteiger partial charge in [-0.1, -0.05) is 72.8 Å². The third kappa shape index (κ3) is 3.69. The topological polar surface area (TPSA) is 29.3 Å². The van der Waals surface area contributed by atoms with Crippen LogP contribution in [0, 0.1) is 0 Å². The summed E-state index contributed by atoms with van der Waals surface area (Å²) in [5.74, 6) is 0.638. The highest BCUT2D eigenvalue weighted by molar-refractivity contribution is 7.25. The standard InChI is InChI=1S/C35H22N2OS/c1-3-9-24(10-4-1)35-36-34-30-21-26(17-15-23(30)16-20-31(34)38-35)37(25-11-5-2-6-12-25)27-18-19-29-28-13-7-8-14-32(28)39-33(29)22-27/h1-22H. The molecule has 0 aliphatic heterocycles. The van der Waals surface area contributed by atoms with Gasteiger partial charge in [-0.15, -0.1) is 11.3 Å². The number of fused-ring (bicyclic) bond motifs is 6. The number of thiophene rings is 1. The molecule has 0 amide bonds. The highest BCUT2D eigenvalue weighted by atomic mass is 32.1. The van der Waals surface area contributed by atoms with E-state index in [0.717, 1.165) is 44.5 Å². The lowest BCUT2D eigenvalue weighted by atomic mass is 10.1. The first kappa shape index (κ1) is 22.1. The normalized spacial score (nSPS) is 11.6. The molecule has 0 saturated carbocycles. The van der Waals surface area contributed by atoms with Crippen molar-refractivity contribution in [1.82, 2.24) is 4.98 Å². The van der Waals surface area contributed by atoms with E-state index >= 15 is 0 Å². The van der Waals surface area contributed by atoms with Gasteiger partial charge in [0.1, 0.15) is 5.52 Å². The van der Waals surface area contributed by atoms with Crippen LogP contribution in [0.4, 0.5) is 17.1 Å². The molecule has 0 radical (unpaired) electrons. The molecule has 0 fully saturated rings. The number of nitrogens with zero attached hydrogens (tertiary/aromatic N) is 2. The molecule has 6 aromatic carbocycles. The molecule has 39 heavy (non-hydrogen) atoms. The van der Waals surface area contributed by atoms with Gasteiger partial charge < -0.3 is 9.32 Å². The van der Waals surface area contributed by atoms with Crippen molar-refractivity contribution in [1.29, 1.82) is 0 Å². The van der Waals surface area contributed by atoms with E-state index in [0.29, 0.717) is 5.89 Å². The number of aromatic nitrogens is 1. The summed E-state index contributed by atoms with van der Waals surface area (Å²) in [7, 11) is 0. The van der Waals surface area contributed by atoms with Gasteiger partial charge in [0.05, 0.1) is 0 Å². The van der Waals surface area contributed by atoms with Gasteiger partial charge in [0.15, 0.2) is 5.58 Å². The van der Waals surface area contributed by atoms with Crippen LogP contribution in [0.1, 0.15) is 0 Å². The Morgan fingerprint density at radius 1 is 0.538 bits per heavy atom. The second-order valence-electron chi connectivity index (χ2n) is 9.65. The maximum atomic E-state index is 6.19. The molecular formula is C35H22N2OS. The Kier molecular flexibility index (Phi) is 5.00. The predicted molar refractivity (Wildman–Crippen MR) is 165 cm³/mol. The smallest absolute Gasteiger partial charge is 0.227 e. The minimum Gasteiger partial charge on any atom is -0.436 e. The molecule has 0 N–H and O–H groups in total. The molecule has 3 nitrogen and oxygen atoms in total. The fourth-order valence-corrected chi connectivity index (χ4v) is 6.56. The monoisotopic (exact) mass is 518 g/mol. The molecule has 8 rings (SSSR count). The number of anilines is 3. The Hall–Kier alpha value is -4.93. The van der Waals surface area contributed by atoms with E-state index in [2.05, 4.69) is 102 Å². The molecule has 2 heterocycles. The summed E-state index contributed by atoms with van der Waals surface area (Å²) < 4.78 is 8.77. The first-order valence-corrected chi connectivity index (χ1v) is 13.8. The van der Waals surface area contributed by atoms with E-state index in [1.807, 2.05) is 47.7 Å². The van der Waals surface area contributed by atoms with Gasteiger partial charge in [-0.3, -0.25) is 0 Å². The molecule has 0 saturated heterocycles. The number of oxazole rings is 1. The summed E-state index contributed by atoms with van der Waals surface area (Å²) in [6.45, 7) is 0.